The van der Waals surface area contributed by atoms with Gasteiger partial charge in [0.15, 0.2) is 0 Å². The summed E-state index contributed by atoms with van der Waals surface area (Å²) in [5.41, 5.74) is 9.94. The number of nitrogens with one attached hydrogen (secondary N) is 2. The Balaban J connectivity index is 1.59. The highest BCUT2D eigenvalue weighted by Gasteiger charge is 2.49. The van der Waals surface area contributed by atoms with Crippen molar-refractivity contribution in [2.45, 2.75) is 57.1 Å². The largest absolute Gasteiger partial charge is 0.487 e. The van der Waals surface area contributed by atoms with Crippen LogP contribution in [-0.4, -0.2) is 26.9 Å². The Morgan fingerprint density at radius 1 is 1.24 bits per heavy atom. The minimum Gasteiger partial charge on any atom is -0.487 e. The van der Waals surface area contributed by atoms with Crippen LogP contribution in [0.15, 0.2) is 41.5 Å². The van der Waals surface area contributed by atoms with E-state index in [1.54, 1.807) is 23.6 Å². The van der Waals surface area contributed by atoms with E-state index in [4.69, 9.17) is 10.5 Å². The van der Waals surface area contributed by atoms with Crippen LogP contribution in [0.5, 0.6) is 5.75 Å². The zero-order valence-corrected chi connectivity index (χ0v) is 20.7. The van der Waals surface area contributed by atoms with Crippen molar-refractivity contribution in [2.24, 2.45) is 24.6 Å². The Morgan fingerprint density at radius 3 is 2.82 bits per heavy atom. The number of hydrogen-bond donors (Lipinski definition) is 3. The minimum atomic E-state index is -0.321. The third kappa shape index (κ3) is 4.17. The Kier molecular flexibility index (Phi) is 5.52. The third-order valence-corrected chi connectivity index (χ3v) is 7.81. The number of aromatic amines is 1. The molecular weight excluding hydrogens is 432 g/mol. The van der Waals surface area contributed by atoms with Crippen LogP contribution >= 0.6 is 11.9 Å². The SMILES string of the molecule is CSNc1ccc(OC2(C)CC3CC(C)CC(N)(C3)C2)c(-c2cn(C)c(=O)c3[nH]ccc23)c1. The first-order valence-corrected chi connectivity index (χ1v) is 13.0. The molecule has 1 aromatic carbocycles. The smallest absolute Gasteiger partial charge is 0.274 e. The number of nitrogens with zero attached hydrogens (tertiary/aromatic N) is 1. The Bertz CT molecular complexity index is 1250. The summed E-state index contributed by atoms with van der Waals surface area (Å²) >= 11 is 1.55. The van der Waals surface area contributed by atoms with Crippen LogP contribution in [0.4, 0.5) is 5.69 Å². The van der Waals surface area contributed by atoms with Crippen molar-refractivity contribution in [3.63, 3.8) is 0 Å². The zero-order chi connectivity index (χ0) is 23.4. The molecule has 6 nitrogen and oxygen atoms in total. The second-order valence-corrected chi connectivity index (χ2v) is 11.3. The van der Waals surface area contributed by atoms with Gasteiger partial charge in [-0.2, -0.15) is 0 Å². The maximum atomic E-state index is 12.6. The van der Waals surface area contributed by atoms with Gasteiger partial charge in [-0.1, -0.05) is 18.9 Å². The van der Waals surface area contributed by atoms with E-state index in [1.165, 1.54) is 6.42 Å². The monoisotopic (exact) mass is 466 g/mol. The number of H-pyrrole nitrogens is 1. The molecule has 4 N–H and O–H groups in total. The van der Waals surface area contributed by atoms with E-state index in [2.05, 4.69) is 41.8 Å². The second kappa shape index (κ2) is 8.13. The fourth-order valence-corrected chi connectivity index (χ4v) is 7.02. The van der Waals surface area contributed by atoms with Crippen LogP contribution in [0.25, 0.3) is 22.0 Å². The van der Waals surface area contributed by atoms with Crippen molar-refractivity contribution < 1.29 is 4.74 Å². The number of aromatic nitrogens is 2. The number of pyridine rings is 1. The molecule has 2 fully saturated rings. The van der Waals surface area contributed by atoms with E-state index in [0.29, 0.717) is 17.4 Å². The standard InChI is InChI=1S/C26H34N4O2S/c1-16-9-17-12-25(2,15-26(27,11-16)13-17)32-22-6-5-18(29-33-4)10-20(22)21-14-30(3)24(31)23-19(21)7-8-28-23/h5-8,10,14,16-17,28-29H,9,11-13,15,27H2,1-4H3. The zero-order valence-electron chi connectivity index (χ0n) is 19.9. The summed E-state index contributed by atoms with van der Waals surface area (Å²) < 4.78 is 11.9. The van der Waals surface area contributed by atoms with Gasteiger partial charge in [0.1, 0.15) is 16.9 Å². The van der Waals surface area contributed by atoms with Crippen molar-refractivity contribution >= 4 is 28.5 Å². The first-order valence-electron chi connectivity index (χ1n) is 11.8. The molecule has 33 heavy (non-hydrogen) atoms. The van der Waals surface area contributed by atoms with Gasteiger partial charge in [-0.3, -0.25) is 4.79 Å². The highest BCUT2D eigenvalue weighted by molar-refractivity contribution is 7.99. The minimum absolute atomic E-state index is 0.0362. The lowest BCUT2D eigenvalue weighted by Crippen LogP contribution is -2.58. The Labute approximate surface area is 199 Å². The van der Waals surface area contributed by atoms with E-state index in [-0.39, 0.29) is 16.7 Å². The van der Waals surface area contributed by atoms with Gasteiger partial charge < -0.3 is 24.7 Å². The molecular formula is C26H34N4O2S. The highest BCUT2D eigenvalue weighted by Crippen LogP contribution is 2.50. The number of fused-ring (bicyclic) bond motifs is 3. The third-order valence-electron chi connectivity index (χ3n) is 7.37. The molecule has 176 valence electrons. The molecule has 2 aromatic heterocycles. The maximum absolute atomic E-state index is 12.6. The summed E-state index contributed by atoms with van der Waals surface area (Å²) in [7, 11) is 1.79. The van der Waals surface area contributed by atoms with Crippen molar-refractivity contribution in [2.75, 3.05) is 11.0 Å². The first kappa shape index (κ1) is 22.4. The number of ether oxygens (including phenoxy) is 1. The summed E-state index contributed by atoms with van der Waals surface area (Å²) in [6.07, 6.45) is 11.0. The van der Waals surface area contributed by atoms with Crippen molar-refractivity contribution in [1.82, 2.24) is 9.55 Å². The van der Waals surface area contributed by atoms with Gasteiger partial charge in [-0.15, -0.1) is 0 Å². The van der Waals surface area contributed by atoms with Crippen LogP contribution in [0.2, 0.25) is 0 Å². The highest BCUT2D eigenvalue weighted by atomic mass is 32.2. The van der Waals surface area contributed by atoms with Crippen LogP contribution in [0.1, 0.15) is 46.0 Å². The first-order chi connectivity index (χ1) is 15.7. The topological polar surface area (TPSA) is 85.1 Å². The lowest BCUT2D eigenvalue weighted by Gasteiger charge is -2.52. The molecule has 5 rings (SSSR count). The predicted octanol–water partition coefficient (Wildman–Crippen LogP) is 5.29. The quantitative estimate of drug-likeness (QED) is 0.445. The van der Waals surface area contributed by atoms with Gasteiger partial charge in [0.05, 0.1) is 0 Å². The molecule has 0 aliphatic heterocycles. The van der Waals surface area contributed by atoms with Crippen molar-refractivity contribution in [3.8, 4) is 16.9 Å². The second-order valence-electron chi connectivity index (χ2n) is 10.7. The number of aryl methyl sites for hydroxylation is 1. The molecule has 2 bridgehead atoms. The number of benzene rings is 1. The Morgan fingerprint density at radius 2 is 2.06 bits per heavy atom. The van der Waals surface area contributed by atoms with E-state index in [0.717, 1.165) is 53.6 Å². The van der Waals surface area contributed by atoms with Gasteiger partial charge in [0.25, 0.3) is 5.56 Å². The van der Waals surface area contributed by atoms with Gasteiger partial charge in [-0.05, 0) is 68.7 Å². The lowest BCUT2D eigenvalue weighted by molar-refractivity contribution is -0.0385. The van der Waals surface area contributed by atoms with Gasteiger partial charge in [0, 0.05) is 59.9 Å². The Hall–Kier alpha value is -2.38. The summed E-state index contributed by atoms with van der Waals surface area (Å²) in [4.78, 5) is 15.8. The molecule has 2 heterocycles. The molecule has 3 aromatic rings. The van der Waals surface area contributed by atoms with E-state index in [9.17, 15) is 4.79 Å². The van der Waals surface area contributed by atoms with Crippen molar-refractivity contribution in [1.29, 1.82) is 0 Å². The van der Waals surface area contributed by atoms with E-state index >= 15 is 0 Å². The fraction of sp³-hybridized carbons (Fsp3) is 0.500. The lowest BCUT2D eigenvalue weighted by atomic mass is 9.60. The molecule has 7 heteroatoms. The molecule has 2 aliphatic carbocycles. The van der Waals surface area contributed by atoms with Crippen LogP contribution in [-0.2, 0) is 7.05 Å². The normalized spacial score (nSPS) is 29.2. The summed E-state index contributed by atoms with van der Waals surface area (Å²) in [6.45, 7) is 4.55. The molecule has 0 amide bonds. The predicted molar refractivity (Wildman–Crippen MR) is 138 cm³/mol. The number of hydrogen-bond acceptors (Lipinski definition) is 5. The number of anilines is 1. The maximum Gasteiger partial charge on any atom is 0.274 e. The molecule has 0 saturated heterocycles. The fourth-order valence-electron chi connectivity index (χ4n) is 6.65. The van der Waals surface area contributed by atoms with Crippen LogP contribution in [0.3, 0.4) is 0 Å². The van der Waals surface area contributed by atoms with Gasteiger partial charge in [-0.25, -0.2) is 0 Å². The van der Waals surface area contributed by atoms with E-state index < -0.39 is 0 Å². The molecule has 2 saturated carbocycles. The number of rotatable bonds is 5. The van der Waals surface area contributed by atoms with Crippen LogP contribution < -0.4 is 20.8 Å². The molecule has 0 radical (unpaired) electrons. The average molecular weight is 467 g/mol. The molecule has 4 atom stereocenters. The van der Waals surface area contributed by atoms with Gasteiger partial charge in [0.2, 0.25) is 0 Å². The average Bonchev–Trinajstić information content (AvgIpc) is 3.20. The van der Waals surface area contributed by atoms with Crippen LogP contribution in [0, 0.1) is 11.8 Å². The molecule has 2 aliphatic rings. The van der Waals surface area contributed by atoms with E-state index in [1.807, 2.05) is 24.7 Å². The summed E-state index contributed by atoms with van der Waals surface area (Å²) in [6, 6.07) is 8.19. The van der Waals surface area contributed by atoms with Crippen molar-refractivity contribution in [3.05, 3.63) is 47.0 Å². The summed E-state index contributed by atoms with van der Waals surface area (Å²) in [5, 5.41) is 0.902. The molecule has 0 spiro atoms. The van der Waals surface area contributed by atoms with Gasteiger partial charge >= 0.3 is 0 Å². The number of nitrogens with two attached hydrogens (primary N) is 1. The summed E-state index contributed by atoms with van der Waals surface area (Å²) in [5.74, 6) is 2.12. The molecule has 4 unspecified atom stereocenters.